The van der Waals surface area contributed by atoms with Gasteiger partial charge in [0.05, 0.1) is 7.11 Å². The number of hydrogen-bond acceptors (Lipinski definition) is 5. The Labute approximate surface area is 103 Å². The number of rotatable bonds is 6. The number of aliphatic hydroxyl groups is 1. The molecule has 0 heterocycles. The monoisotopic (exact) mass is 255 g/mol. The smallest absolute Gasteiger partial charge is 0.339 e. The molecule has 0 saturated carbocycles. The van der Waals surface area contributed by atoms with Gasteiger partial charge in [0, 0.05) is 11.3 Å². The number of hydrogen-bond donors (Lipinski definition) is 2. The Morgan fingerprint density at radius 1 is 1.44 bits per heavy atom. The second-order valence-corrected chi connectivity index (χ2v) is 3.69. The zero-order valence-electron chi connectivity index (χ0n) is 9.65. The standard InChI is InChI=1S/C11H13NO6/c1-18-8-4-2-7(3-5-8)6-9(12(16)17)10(13)11(14)15/h2-5,9-10,13H,6H2,1H3,(H,14,15)/t9-,10-/m1/s1. The fraction of sp³-hybridized carbons (Fsp3) is 0.364. The number of ether oxygens (including phenoxy) is 1. The molecular formula is C11H13NO6. The molecule has 0 aromatic heterocycles. The summed E-state index contributed by atoms with van der Waals surface area (Å²) in [6.07, 6.45) is -2.19. The van der Waals surface area contributed by atoms with Crippen LogP contribution in [0.15, 0.2) is 24.3 Å². The van der Waals surface area contributed by atoms with Gasteiger partial charge in [-0.15, -0.1) is 0 Å². The molecule has 7 heteroatoms. The largest absolute Gasteiger partial charge is 0.497 e. The molecule has 0 amide bonds. The number of carbonyl (C=O) groups is 1. The first kappa shape index (κ1) is 13.9. The highest BCUT2D eigenvalue weighted by atomic mass is 16.6. The number of aliphatic carboxylic acids is 1. The van der Waals surface area contributed by atoms with E-state index in [1.807, 2.05) is 0 Å². The van der Waals surface area contributed by atoms with E-state index in [0.717, 1.165) is 0 Å². The Balaban J connectivity index is 2.83. The molecule has 0 bridgehead atoms. The number of carboxylic acid groups (broad SMARTS) is 1. The topological polar surface area (TPSA) is 110 Å². The Morgan fingerprint density at radius 3 is 2.39 bits per heavy atom. The number of benzene rings is 1. The summed E-state index contributed by atoms with van der Waals surface area (Å²) in [5.41, 5.74) is 0.554. The van der Waals surface area contributed by atoms with Crippen molar-refractivity contribution in [3.8, 4) is 5.75 Å². The number of nitrogens with zero attached hydrogens (tertiary/aromatic N) is 1. The summed E-state index contributed by atoms with van der Waals surface area (Å²) >= 11 is 0. The summed E-state index contributed by atoms with van der Waals surface area (Å²) in [4.78, 5) is 20.5. The van der Waals surface area contributed by atoms with Gasteiger partial charge in [0.25, 0.3) is 6.04 Å². The summed E-state index contributed by atoms with van der Waals surface area (Å²) < 4.78 is 4.93. The molecule has 0 spiro atoms. The van der Waals surface area contributed by atoms with Crippen LogP contribution in [0.3, 0.4) is 0 Å². The molecule has 7 nitrogen and oxygen atoms in total. The molecule has 0 aliphatic rings. The zero-order chi connectivity index (χ0) is 13.7. The minimum Gasteiger partial charge on any atom is -0.497 e. The van der Waals surface area contributed by atoms with Crippen molar-refractivity contribution >= 4 is 5.97 Å². The van der Waals surface area contributed by atoms with E-state index in [-0.39, 0.29) is 6.42 Å². The van der Waals surface area contributed by atoms with Crippen molar-refractivity contribution in [3.05, 3.63) is 39.9 Å². The van der Waals surface area contributed by atoms with E-state index in [1.165, 1.54) is 7.11 Å². The third-order valence-electron chi connectivity index (χ3n) is 2.49. The summed E-state index contributed by atoms with van der Waals surface area (Å²) in [6.45, 7) is 0. The minimum absolute atomic E-state index is 0.162. The first-order chi connectivity index (χ1) is 8.45. The fourth-order valence-electron chi connectivity index (χ4n) is 1.47. The van der Waals surface area contributed by atoms with Crippen LogP contribution in [0.25, 0.3) is 0 Å². The molecule has 1 aromatic carbocycles. The van der Waals surface area contributed by atoms with Gasteiger partial charge in [-0.1, -0.05) is 12.1 Å². The molecule has 2 N–H and O–H groups in total. The Morgan fingerprint density at radius 2 is 2.00 bits per heavy atom. The Hall–Kier alpha value is -2.15. The van der Waals surface area contributed by atoms with Crippen molar-refractivity contribution in [2.75, 3.05) is 7.11 Å². The van der Waals surface area contributed by atoms with Crippen LogP contribution in [0.4, 0.5) is 0 Å². The van der Waals surface area contributed by atoms with Gasteiger partial charge in [-0.2, -0.15) is 0 Å². The Kier molecular flexibility index (Phi) is 4.61. The lowest BCUT2D eigenvalue weighted by molar-refractivity contribution is -0.531. The molecule has 0 saturated heterocycles. The van der Waals surface area contributed by atoms with Gasteiger partial charge in [-0.05, 0) is 17.7 Å². The molecule has 1 rings (SSSR count). The molecule has 18 heavy (non-hydrogen) atoms. The number of methoxy groups -OCH3 is 1. The first-order valence-corrected chi connectivity index (χ1v) is 5.13. The van der Waals surface area contributed by atoms with Gasteiger partial charge in [0.1, 0.15) is 5.75 Å². The maximum absolute atomic E-state index is 10.7. The normalized spacial score (nSPS) is 13.7. The molecule has 98 valence electrons. The average Bonchev–Trinajstić information content (AvgIpc) is 2.35. The average molecular weight is 255 g/mol. The molecule has 0 fully saturated rings. The molecule has 0 aliphatic carbocycles. The summed E-state index contributed by atoms with van der Waals surface area (Å²) in [5.74, 6) is -1.01. The first-order valence-electron chi connectivity index (χ1n) is 5.13. The molecule has 2 atom stereocenters. The van der Waals surface area contributed by atoms with E-state index in [9.17, 15) is 20.0 Å². The molecule has 0 aliphatic heterocycles. The van der Waals surface area contributed by atoms with Gasteiger partial charge >= 0.3 is 5.97 Å². The highest BCUT2D eigenvalue weighted by molar-refractivity contribution is 5.72. The lowest BCUT2D eigenvalue weighted by Crippen LogP contribution is -2.41. The maximum atomic E-state index is 10.7. The zero-order valence-corrected chi connectivity index (χ0v) is 9.65. The van der Waals surface area contributed by atoms with Crippen molar-refractivity contribution in [2.24, 2.45) is 0 Å². The van der Waals surface area contributed by atoms with E-state index in [1.54, 1.807) is 24.3 Å². The SMILES string of the molecule is COc1ccc(C[C@H]([C@@H](O)C(=O)O)[N+](=O)[O-])cc1. The minimum atomic E-state index is -2.03. The van der Waals surface area contributed by atoms with Gasteiger partial charge in [-0.3, -0.25) is 10.1 Å². The van der Waals surface area contributed by atoms with Gasteiger partial charge in [0.15, 0.2) is 0 Å². The third-order valence-corrected chi connectivity index (χ3v) is 2.49. The van der Waals surface area contributed by atoms with E-state index in [4.69, 9.17) is 9.84 Å². The number of nitro groups is 1. The van der Waals surface area contributed by atoms with Crippen molar-refractivity contribution < 1.29 is 24.7 Å². The fourth-order valence-corrected chi connectivity index (χ4v) is 1.47. The van der Waals surface area contributed by atoms with E-state index in [2.05, 4.69) is 0 Å². The van der Waals surface area contributed by atoms with Gasteiger partial charge in [-0.25, -0.2) is 4.79 Å². The van der Waals surface area contributed by atoms with Gasteiger partial charge in [0.2, 0.25) is 6.10 Å². The predicted molar refractivity (Wildman–Crippen MR) is 61.1 cm³/mol. The summed E-state index contributed by atoms with van der Waals surface area (Å²) in [6, 6.07) is 4.82. The van der Waals surface area contributed by atoms with Crippen LogP contribution in [0, 0.1) is 10.1 Å². The van der Waals surface area contributed by atoms with Crippen molar-refractivity contribution in [3.63, 3.8) is 0 Å². The van der Waals surface area contributed by atoms with Crippen LogP contribution in [0.5, 0.6) is 5.75 Å². The van der Waals surface area contributed by atoms with Crippen LogP contribution in [-0.2, 0) is 11.2 Å². The van der Waals surface area contributed by atoms with E-state index in [0.29, 0.717) is 11.3 Å². The van der Waals surface area contributed by atoms with E-state index >= 15 is 0 Å². The molecule has 1 aromatic rings. The number of aliphatic hydroxyl groups excluding tert-OH is 1. The lowest BCUT2D eigenvalue weighted by Gasteiger charge is -2.12. The van der Waals surface area contributed by atoms with Gasteiger partial charge < -0.3 is 14.9 Å². The third kappa shape index (κ3) is 3.42. The number of carboxylic acids is 1. The van der Waals surface area contributed by atoms with Crippen LogP contribution < -0.4 is 4.74 Å². The van der Waals surface area contributed by atoms with Crippen molar-refractivity contribution in [1.29, 1.82) is 0 Å². The second-order valence-electron chi connectivity index (χ2n) is 3.69. The molecule has 0 radical (unpaired) electrons. The van der Waals surface area contributed by atoms with Crippen molar-refractivity contribution in [2.45, 2.75) is 18.6 Å². The lowest BCUT2D eigenvalue weighted by atomic mass is 10.0. The van der Waals surface area contributed by atoms with Crippen LogP contribution in [-0.4, -0.2) is 40.4 Å². The van der Waals surface area contributed by atoms with Crippen molar-refractivity contribution in [1.82, 2.24) is 0 Å². The quantitative estimate of drug-likeness (QED) is 0.559. The predicted octanol–water partition coefficient (Wildman–Crippen LogP) is 0.328. The highest BCUT2D eigenvalue weighted by Gasteiger charge is 2.35. The van der Waals surface area contributed by atoms with Crippen LogP contribution in [0.1, 0.15) is 5.56 Å². The maximum Gasteiger partial charge on any atom is 0.339 e. The summed E-state index contributed by atoms with van der Waals surface area (Å²) in [7, 11) is 1.49. The molecular weight excluding hydrogens is 242 g/mol. The second kappa shape index (κ2) is 5.97. The Bertz CT molecular complexity index is 430. The van der Waals surface area contributed by atoms with Crippen LogP contribution >= 0.6 is 0 Å². The van der Waals surface area contributed by atoms with E-state index < -0.39 is 23.0 Å². The summed E-state index contributed by atoms with van der Waals surface area (Å²) in [5, 5.41) is 28.6. The highest BCUT2D eigenvalue weighted by Crippen LogP contribution is 2.14. The van der Waals surface area contributed by atoms with Crippen LogP contribution in [0.2, 0.25) is 0 Å². The molecule has 0 unspecified atom stereocenters.